The van der Waals surface area contributed by atoms with E-state index in [1.54, 1.807) is 36.4 Å². The Hall–Kier alpha value is -5.28. The average molecular weight is 745 g/mol. The fraction of sp³-hybridized carbons (Fsp3) is 0.238. The Morgan fingerprint density at radius 1 is 0.804 bits per heavy atom. The fourth-order valence-corrected chi connectivity index (χ4v) is 9.44. The van der Waals surface area contributed by atoms with Crippen LogP contribution in [0.25, 0.3) is 5.57 Å². The molecule has 6 unspecified atom stereocenters. The number of imide groups is 1. The van der Waals surface area contributed by atoms with Crippen molar-refractivity contribution in [2.24, 2.45) is 23.7 Å². The van der Waals surface area contributed by atoms with Crippen LogP contribution in [0.15, 0.2) is 119 Å². The molecule has 4 aromatic carbocycles. The number of hydrogen-bond donors (Lipinski definition) is 1. The highest BCUT2D eigenvalue weighted by Gasteiger charge is 2.66. The third kappa shape index (κ3) is 4.85. The van der Waals surface area contributed by atoms with Crippen molar-refractivity contribution < 1.29 is 33.8 Å². The Bertz CT molecular complexity index is 2140. The molecular weight excluding hydrogens is 710 g/mol. The number of hydrogen-bond acceptors (Lipinski definition) is 7. The van der Waals surface area contributed by atoms with E-state index >= 15 is 9.59 Å². The first-order valence-corrected chi connectivity index (χ1v) is 17.7. The van der Waals surface area contributed by atoms with Crippen LogP contribution >= 0.6 is 15.9 Å². The van der Waals surface area contributed by atoms with Gasteiger partial charge < -0.3 is 14.6 Å². The lowest BCUT2D eigenvalue weighted by Crippen LogP contribution is -2.58. The molecule has 1 saturated carbocycles. The van der Waals surface area contributed by atoms with E-state index in [0.29, 0.717) is 34.4 Å². The van der Waals surface area contributed by atoms with Gasteiger partial charge in [0.2, 0.25) is 17.6 Å². The first-order valence-electron chi connectivity index (χ1n) is 16.9. The standard InChI is InChI=1S/C42H34BrNO7/c1-50-33-19-24(20-34(51-2)39(33)47)37-28-17-18-29-36(41(49)44(40(29)48)27-15-13-26(43)14-16-27)31(28)21-32-38(46)30(23-9-5-3-6-10-23)22-35(45)42(32,37)25-11-7-4-8-12-25/h3-17,19-20,22,29,31-32,36-37,47H,18,21H2,1-2H3. The topological polar surface area (TPSA) is 110 Å². The van der Waals surface area contributed by atoms with Gasteiger partial charge in [-0.2, -0.15) is 0 Å². The molecule has 1 aliphatic heterocycles. The third-order valence-corrected chi connectivity index (χ3v) is 11.8. The highest BCUT2D eigenvalue weighted by atomic mass is 79.9. The molecule has 256 valence electrons. The Labute approximate surface area is 303 Å². The van der Waals surface area contributed by atoms with Gasteiger partial charge in [0.25, 0.3) is 0 Å². The summed E-state index contributed by atoms with van der Waals surface area (Å²) in [5.74, 6) is -4.51. The maximum atomic E-state index is 15.2. The van der Waals surface area contributed by atoms with Gasteiger partial charge in [0.1, 0.15) is 0 Å². The van der Waals surface area contributed by atoms with Gasteiger partial charge in [-0.05, 0) is 77.9 Å². The van der Waals surface area contributed by atoms with Crippen LogP contribution in [0.5, 0.6) is 17.2 Å². The highest BCUT2D eigenvalue weighted by Crippen LogP contribution is 2.64. The number of carbonyl (C=O) groups is 4. The summed E-state index contributed by atoms with van der Waals surface area (Å²) < 4.78 is 12.0. The largest absolute Gasteiger partial charge is 0.502 e. The zero-order chi connectivity index (χ0) is 35.6. The van der Waals surface area contributed by atoms with E-state index < -0.39 is 35.0 Å². The average Bonchev–Trinajstić information content (AvgIpc) is 3.42. The van der Waals surface area contributed by atoms with Crippen LogP contribution in [0.3, 0.4) is 0 Å². The number of ketones is 2. The molecule has 2 fully saturated rings. The van der Waals surface area contributed by atoms with Crippen molar-refractivity contribution >= 4 is 50.6 Å². The number of methoxy groups -OCH3 is 2. The molecule has 9 heteroatoms. The lowest BCUT2D eigenvalue weighted by atomic mass is 9.44. The van der Waals surface area contributed by atoms with E-state index in [4.69, 9.17) is 9.47 Å². The van der Waals surface area contributed by atoms with E-state index in [1.807, 2.05) is 66.7 Å². The second-order valence-electron chi connectivity index (χ2n) is 13.5. The summed E-state index contributed by atoms with van der Waals surface area (Å²) in [5.41, 5.74) is 2.09. The normalized spacial score (nSPS) is 26.9. The summed E-state index contributed by atoms with van der Waals surface area (Å²) in [7, 11) is 2.87. The SMILES string of the molecule is COc1cc(C2C3=CCC4C(=O)N(c5ccc(Br)cc5)C(=O)C4C3CC3C(=O)C(c4ccccc4)=CC(=O)C32c2ccccc2)cc(OC)c1O. The van der Waals surface area contributed by atoms with Crippen molar-refractivity contribution in [3.05, 3.63) is 136 Å². The molecule has 4 aromatic rings. The van der Waals surface area contributed by atoms with Gasteiger partial charge in [-0.1, -0.05) is 88.2 Å². The van der Waals surface area contributed by atoms with Gasteiger partial charge in [0.15, 0.2) is 23.1 Å². The van der Waals surface area contributed by atoms with Crippen LogP contribution in [-0.2, 0) is 24.6 Å². The van der Waals surface area contributed by atoms with E-state index in [-0.39, 0.29) is 47.1 Å². The molecule has 3 aliphatic carbocycles. The second kappa shape index (κ2) is 12.5. The number of ether oxygens (including phenoxy) is 2. The molecule has 0 spiro atoms. The van der Waals surface area contributed by atoms with Crippen LogP contribution in [0.1, 0.15) is 35.4 Å². The van der Waals surface area contributed by atoms with Gasteiger partial charge in [0.05, 0.1) is 37.2 Å². The minimum Gasteiger partial charge on any atom is -0.502 e. The summed E-state index contributed by atoms with van der Waals surface area (Å²) >= 11 is 3.44. The molecule has 8 rings (SSSR count). The number of anilines is 1. The predicted octanol–water partition coefficient (Wildman–Crippen LogP) is 7.20. The number of carbonyl (C=O) groups excluding carboxylic acids is 4. The zero-order valence-corrected chi connectivity index (χ0v) is 29.5. The number of phenolic OH excluding ortho intramolecular Hbond substituents is 1. The molecule has 2 amide bonds. The number of nitrogens with zero attached hydrogens (tertiary/aromatic N) is 1. The molecule has 1 heterocycles. The van der Waals surface area contributed by atoms with Crippen molar-refractivity contribution in [1.82, 2.24) is 0 Å². The molecule has 0 aromatic heterocycles. The predicted molar refractivity (Wildman–Crippen MR) is 194 cm³/mol. The number of fused-ring (bicyclic) bond motifs is 4. The summed E-state index contributed by atoms with van der Waals surface area (Å²) in [4.78, 5) is 60.2. The Kier molecular flexibility index (Phi) is 8.06. The monoisotopic (exact) mass is 743 g/mol. The van der Waals surface area contributed by atoms with Crippen LogP contribution < -0.4 is 14.4 Å². The number of aromatic hydroxyl groups is 1. The number of halogens is 1. The fourth-order valence-electron chi connectivity index (χ4n) is 9.17. The van der Waals surface area contributed by atoms with Crippen LogP contribution in [-0.4, -0.2) is 42.7 Å². The highest BCUT2D eigenvalue weighted by molar-refractivity contribution is 9.10. The van der Waals surface area contributed by atoms with Crippen molar-refractivity contribution in [3.8, 4) is 17.2 Å². The molecule has 0 bridgehead atoms. The maximum Gasteiger partial charge on any atom is 0.238 e. The van der Waals surface area contributed by atoms with Crippen LogP contribution in [0.2, 0.25) is 0 Å². The van der Waals surface area contributed by atoms with Crippen LogP contribution in [0, 0.1) is 23.7 Å². The molecule has 1 saturated heterocycles. The van der Waals surface area contributed by atoms with E-state index in [9.17, 15) is 14.7 Å². The Morgan fingerprint density at radius 2 is 1.43 bits per heavy atom. The second-order valence-corrected chi connectivity index (χ2v) is 14.5. The van der Waals surface area contributed by atoms with Crippen molar-refractivity contribution in [2.75, 3.05) is 19.1 Å². The quantitative estimate of drug-likeness (QED) is 0.164. The van der Waals surface area contributed by atoms with Crippen molar-refractivity contribution in [1.29, 1.82) is 0 Å². The molecule has 51 heavy (non-hydrogen) atoms. The molecular formula is C42H34BrNO7. The molecule has 0 radical (unpaired) electrons. The minimum absolute atomic E-state index is 0.143. The van der Waals surface area contributed by atoms with E-state index in [0.717, 1.165) is 10.0 Å². The first-order chi connectivity index (χ1) is 24.7. The van der Waals surface area contributed by atoms with Gasteiger partial charge >= 0.3 is 0 Å². The molecule has 6 atom stereocenters. The van der Waals surface area contributed by atoms with Crippen molar-refractivity contribution in [2.45, 2.75) is 24.2 Å². The summed E-state index contributed by atoms with van der Waals surface area (Å²) in [6, 6.07) is 28.9. The van der Waals surface area contributed by atoms with Gasteiger partial charge in [-0.3, -0.25) is 24.1 Å². The zero-order valence-electron chi connectivity index (χ0n) is 27.9. The number of amides is 2. The summed E-state index contributed by atoms with van der Waals surface area (Å²) in [6.45, 7) is 0. The Morgan fingerprint density at radius 3 is 2.06 bits per heavy atom. The molecule has 8 nitrogen and oxygen atoms in total. The first kappa shape index (κ1) is 32.9. The maximum absolute atomic E-state index is 15.2. The number of benzene rings is 4. The molecule has 4 aliphatic rings. The molecule has 1 N–H and O–H groups in total. The smallest absolute Gasteiger partial charge is 0.238 e. The Balaban J connectivity index is 1.39. The van der Waals surface area contributed by atoms with Gasteiger partial charge in [0, 0.05) is 21.9 Å². The number of Topliss-reactive ketones (excluding diaryl/α,β-unsaturated/α-hetero) is 1. The van der Waals surface area contributed by atoms with Crippen molar-refractivity contribution in [3.63, 3.8) is 0 Å². The summed E-state index contributed by atoms with van der Waals surface area (Å²) in [5, 5.41) is 11.0. The summed E-state index contributed by atoms with van der Waals surface area (Å²) in [6.07, 6.45) is 3.97. The lowest BCUT2D eigenvalue weighted by Gasteiger charge is -2.55. The third-order valence-electron chi connectivity index (χ3n) is 11.3. The van der Waals surface area contributed by atoms with E-state index in [2.05, 4.69) is 15.9 Å². The lowest BCUT2D eigenvalue weighted by molar-refractivity contribution is -0.135. The number of phenols is 1. The van der Waals surface area contributed by atoms with Gasteiger partial charge in [-0.15, -0.1) is 0 Å². The number of allylic oxidation sites excluding steroid dienone is 4. The minimum atomic E-state index is -1.42. The van der Waals surface area contributed by atoms with Crippen LogP contribution in [0.4, 0.5) is 5.69 Å². The van der Waals surface area contributed by atoms with Gasteiger partial charge in [-0.25, -0.2) is 0 Å². The number of rotatable bonds is 6. The van der Waals surface area contributed by atoms with E-state index in [1.165, 1.54) is 25.2 Å².